The maximum absolute atomic E-state index is 12.0. The van der Waals surface area contributed by atoms with E-state index in [1.165, 1.54) is 0 Å². The van der Waals surface area contributed by atoms with Gasteiger partial charge in [-0.2, -0.15) is 0 Å². The van der Waals surface area contributed by atoms with E-state index in [9.17, 15) is 9.59 Å². The number of nitrogens with one attached hydrogen (secondary N) is 1. The van der Waals surface area contributed by atoms with Crippen molar-refractivity contribution in [2.45, 2.75) is 31.5 Å². The Hall–Kier alpha value is -2.04. The highest BCUT2D eigenvalue weighted by atomic mass is 16.6. The van der Waals surface area contributed by atoms with Crippen molar-refractivity contribution in [2.75, 3.05) is 6.54 Å². The number of amides is 2. The first-order chi connectivity index (χ1) is 9.24. The summed E-state index contributed by atoms with van der Waals surface area (Å²) in [6.07, 6.45) is 0.884. The van der Waals surface area contributed by atoms with Gasteiger partial charge in [0.25, 0.3) is 0 Å². The minimum absolute atomic E-state index is 0.0237. The van der Waals surface area contributed by atoms with E-state index in [1.54, 1.807) is 4.90 Å². The maximum Gasteiger partial charge on any atom is 0.410 e. The number of carbonyl (C=O) groups is 2. The van der Waals surface area contributed by atoms with Gasteiger partial charge in [-0.1, -0.05) is 30.3 Å². The van der Waals surface area contributed by atoms with Crippen LogP contribution in [0.5, 0.6) is 0 Å². The molecule has 100 valence electrons. The average Bonchev–Trinajstić information content (AvgIpc) is 2.96. The summed E-state index contributed by atoms with van der Waals surface area (Å²) in [5, 5.41) is 2.89. The summed E-state index contributed by atoms with van der Waals surface area (Å²) in [6.45, 7) is 0.929. The van der Waals surface area contributed by atoms with Gasteiger partial charge in [-0.15, -0.1) is 0 Å². The van der Waals surface area contributed by atoms with Crippen LogP contribution in [0.3, 0.4) is 0 Å². The van der Waals surface area contributed by atoms with E-state index in [2.05, 4.69) is 5.32 Å². The summed E-state index contributed by atoms with van der Waals surface area (Å²) in [6, 6.07) is 9.66. The normalized spacial score (nSPS) is 25.1. The summed E-state index contributed by atoms with van der Waals surface area (Å²) >= 11 is 0. The Balaban J connectivity index is 1.58. The SMILES string of the molecule is O=C1CC2[C@H](CCN2C(=O)OCc2ccccc2)N1. The zero-order chi connectivity index (χ0) is 13.2. The van der Waals surface area contributed by atoms with Crippen LogP contribution in [-0.2, 0) is 16.1 Å². The van der Waals surface area contributed by atoms with E-state index in [0.29, 0.717) is 13.0 Å². The number of hydrogen-bond acceptors (Lipinski definition) is 3. The molecule has 2 aliphatic rings. The Kier molecular flexibility index (Phi) is 3.11. The smallest absolute Gasteiger partial charge is 0.410 e. The first-order valence-electron chi connectivity index (χ1n) is 6.51. The van der Waals surface area contributed by atoms with Gasteiger partial charge in [0.2, 0.25) is 5.91 Å². The number of ether oxygens (including phenoxy) is 1. The lowest BCUT2D eigenvalue weighted by atomic mass is 10.1. The minimum atomic E-state index is -0.326. The molecule has 1 N–H and O–H groups in total. The van der Waals surface area contributed by atoms with E-state index in [4.69, 9.17) is 4.74 Å². The van der Waals surface area contributed by atoms with Crippen molar-refractivity contribution in [3.63, 3.8) is 0 Å². The fourth-order valence-corrected chi connectivity index (χ4v) is 2.76. The molecule has 0 aromatic heterocycles. The molecule has 2 saturated heterocycles. The highest BCUT2D eigenvalue weighted by Gasteiger charge is 2.44. The molecular weight excluding hydrogens is 244 g/mol. The molecule has 0 aliphatic carbocycles. The molecule has 0 saturated carbocycles. The second kappa shape index (κ2) is 4.91. The Bertz CT molecular complexity index is 489. The Morgan fingerprint density at radius 2 is 2.16 bits per heavy atom. The summed E-state index contributed by atoms with van der Waals surface area (Å²) in [5.41, 5.74) is 0.965. The van der Waals surface area contributed by atoms with Crippen molar-refractivity contribution in [1.29, 1.82) is 0 Å². The number of carbonyl (C=O) groups excluding carboxylic acids is 2. The molecule has 2 fully saturated rings. The first-order valence-corrected chi connectivity index (χ1v) is 6.51. The van der Waals surface area contributed by atoms with E-state index < -0.39 is 0 Å². The molecule has 2 atom stereocenters. The van der Waals surface area contributed by atoms with Gasteiger partial charge in [-0.25, -0.2) is 4.79 Å². The van der Waals surface area contributed by atoms with Crippen molar-refractivity contribution in [3.8, 4) is 0 Å². The van der Waals surface area contributed by atoms with Crippen LogP contribution < -0.4 is 5.32 Å². The number of benzene rings is 1. The fraction of sp³-hybridized carbons (Fsp3) is 0.429. The largest absolute Gasteiger partial charge is 0.445 e. The van der Waals surface area contributed by atoms with Crippen molar-refractivity contribution >= 4 is 12.0 Å². The first kappa shape index (κ1) is 12.0. The molecule has 2 aliphatic heterocycles. The number of likely N-dealkylation sites (tertiary alicyclic amines) is 1. The zero-order valence-corrected chi connectivity index (χ0v) is 10.5. The van der Waals surface area contributed by atoms with Crippen molar-refractivity contribution in [3.05, 3.63) is 35.9 Å². The molecular formula is C14H16N2O3. The van der Waals surface area contributed by atoms with E-state index >= 15 is 0 Å². The Morgan fingerprint density at radius 1 is 1.37 bits per heavy atom. The standard InChI is InChI=1S/C14H16N2O3/c17-13-8-12-11(15-13)6-7-16(12)14(18)19-9-10-4-2-1-3-5-10/h1-5,11-12H,6-9H2,(H,15,17)/t11-,12?/m0/s1. The highest BCUT2D eigenvalue weighted by molar-refractivity contribution is 5.81. The number of rotatable bonds is 2. The summed E-state index contributed by atoms with van der Waals surface area (Å²) in [5.74, 6) is 0.0237. The molecule has 3 rings (SSSR count). The predicted molar refractivity (Wildman–Crippen MR) is 68.3 cm³/mol. The third-order valence-corrected chi connectivity index (χ3v) is 3.73. The lowest BCUT2D eigenvalue weighted by Crippen LogP contribution is -2.38. The second-order valence-electron chi connectivity index (χ2n) is 4.97. The maximum atomic E-state index is 12.0. The van der Waals surface area contributed by atoms with Crippen LogP contribution in [0.2, 0.25) is 0 Å². The van der Waals surface area contributed by atoms with Gasteiger partial charge in [0.15, 0.2) is 0 Å². The van der Waals surface area contributed by atoms with Gasteiger partial charge in [0, 0.05) is 13.0 Å². The monoisotopic (exact) mass is 260 g/mol. The van der Waals surface area contributed by atoms with E-state index in [0.717, 1.165) is 12.0 Å². The molecule has 2 amide bonds. The lowest BCUT2D eigenvalue weighted by Gasteiger charge is -2.21. The quantitative estimate of drug-likeness (QED) is 0.871. The van der Waals surface area contributed by atoms with Gasteiger partial charge < -0.3 is 15.0 Å². The van der Waals surface area contributed by atoms with Crippen LogP contribution in [0, 0.1) is 0 Å². The van der Waals surface area contributed by atoms with Crippen LogP contribution in [0.4, 0.5) is 4.79 Å². The molecule has 1 aromatic carbocycles. The van der Waals surface area contributed by atoms with Crippen molar-refractivity contribution in [1.82, 2.24) is 10.2 Å². The molecule has 0 radical (unpaired) electrons. The molecule has 2 heterocycles. The highest BCUT2D eigenvalue weighted by Crippen LogP contribution is 2.26. The topological polar surface area (TPSA) is 58.6 Å². The molecule has 1 unspecified atom stereocenters. The van der Waals surface area contributed by atoms with Crippen molar-refractivity contribution in [2.24, 2.45) is 0 Å². The third-order valence-electron chi connectivity index (χ3n) is 3.73. The van der Waals surface area contributed by atoms with Crippen LogP contribution >= 0.6 is 0 Å². The number of nitrogens with zero attached hydrogens (tertiary/aromatic N) is 1. The fourth-order valence-electron chi connectivity index (χ4n) is 2.76. The van der Waals surface area contributed by atoms with E-state index in [-0.39, 0.29) is 30.7 Å². The number of fused-ring (bicyclic) bond motifs is 1. The number of hydrogen-bond donors (Lipinski definition) is 1. The van der Waals surface area contributed by atoms with Gasteiger partial charge >= 0.3 is 6.09 Å². The van der Waals surface area contributed by atoms with Crippen LogP contribution in [0.1, 0.15) is 18.4 Å². The van der Waals surface area contributed by atoms with Crippen molar-refractivity contribution < 1.29 is 14.3 Å². The average molecular weight is 260 g/mol. The molecule has 1 aromatic rings. The summed E-state index contributed by atoms with van der Waals surface area (Å²) in [7, 11) is 0. The Morgan fingerprint density at radius 3 is 2.95 bits per heavy atom. The van der Waals surface area contributed by atoms with Gasteiger partial charge in [0.1, 0.15) is 6.61 Å². The summed E-state index contributed by atoms with van der Waals surface area (Å²) in [4.78, 5) is 25.0. The molecule has 5 heteroatoms. The Labute approximate surface area is 111 Å². The van der Waals surface area contributed by atoms with Gasteiger partial charge in [0.05, 0.1) is 12.1 Å². The van der Waals surface area contributed by atoms with Crippen LogP contribution in [-0.4, -0.2) is 35.5 Å². The van der Waals surface area contributed by atoms with Crippen LogP contribution in [0.25, 0.3) is 0 Å². The second-order valence-corrected chi connectivity index (χ2v) is 4.97. The van der Waals surface area contributed by atoms with Gasteiger partial charge in [-0.05, 0) is 12.0 Å². The van der Waals surface area contributed by atoms with Crippen LogP contribution in [0.15, 0.2) is 30.3 Å². The van der Waals surface area contributed by atoms with Gasteiger partial charge in [-0.3, -0.25) is 4.79 Å². The predicted octanol–water partition coefficient (Wildman–Crippen LogP) is 1.29. The zero-order valence-electron chi connectivity index (χ0n) is 10.5. The summed E-state index contributed by atoms with van der Waals surface area (Å²) < 4.78 is 5.30. The van der Waals surface area contributed by atoms with E-state index in [1.807, 2.05) is 30.3 Å². The molecule has 5 nitrogen and oxygen atoms in total. The lowest BCUT2D eigenvalue weighted by molar-refractivity contribution is -0.119. The molecule has 0 spiro atoms. The molecule has 19 heavy (non-hydrogen) atoms. The minimum Gasteiger partial charge on any atom is -0.445 e. The third kappa shape index (κ3) is 2.41. The molecule has 0 bridgehead atoms.